The van der Waals surface area contributed by atoms with E-state index in [9.17, 15) is 63.0 Å². The summed E-state index contributed by atoms with van der Waals surface area (Å²) in [4.78, 5) is 144. The van der Waals surface area contributed by atoms with Crippen molar-refractivity contribution in [1.29, 1.82) is 0 Å². The van der Waals surface area contributed by atoms with Crippen LogP contribution in [0.5, 0.6) is 0 Å². The van der Waals surface area contributed by atoms with Gasteiger partial charge in [0.2, 0.25) is 35.4 Å². The summed E-state index contributed by atoms with van der Waals surface area (Å²) < 4.78 is 21.6. The fourth-order valence-corrected chi connectivity index (χ4v) is 12.7. The van der Waals surface area contributed by atoms with E-state index in [0.29, 0.717) is 60.8 Å². The molecular formula is C62H89N13O17S2. The number of aliphatic hydroxyl groups is 1. The summed E-state index contributed by atoms with van der Waals surface area (Å²) in [5.74, 6) is -6.25. The highest BCUT2D eigenvalue weighted by molar-refractivity contribution is 8.13. The first-order chi connectivity index (χ1) is 45.4. The Balaban J connectivity index is 0.892. The number of carbonyl (C=O) groups is 11. The number of fused-ring (bicyclic) bond motifs is 2. The second-order valence-corrected chi connectivity index (χ2v) is 24.9. The van der Waals surface area contributed by atoms with E-state index in [2.05, 4.69) is 57.5 Å². The first kappa shape index (κ1) is 76.9. The number of aliphatic hydroxyl groups excluding tert-OH is 1. The van der Waals surface area contributed by atoms with E-state index < -0.39 is 84.7 Å². The molecule has 0 bridgehead atoms. The number of aromatic amines is 1. The van der Waals surface area contributed by atoms with Crippen LogP contribution in [0.25, 0.3) is 21.3 Å². The van der Waals surface area contributed by atoms with Crippen LogP contribution in [-0.4, -0.2) is 207 Å². The zero-order chi connectivity index (χ0) is 67.9. The molecule has 0 saturated carbocycles. The first-order valence-corrected chi connectivity index (χ1v) is 33.5. The van der Waals surface area contributed by atoms with Crippen molar-refractivity contribution in [3.05, 3.63) is 76.3 Å². The van der Waals surface area contributed by atoms with Crippen LogP contribution < -0.4 is 48.3 Å². The number of aliphatic carboxylic acids is 1. The number of ether oxygens (including phenoxy) is 4. The number of amides is 9. The average molecular weight is 1350 g/mol. The number of nitrogens with two attached hydrogens (primary N) is 1. The van der Waals surface area contributed by atoms with Gasteiger partial charge >= 0.3 is 12.0 Å². The summed E-state index contributed by atoms with van der Waals surface area (Å²) in [7, 11) is 0. The van der Waals surface area contributed by atoms with Crippen molar-refractivity contribution >= 4 is 98.7 Å². The number of unbranched alkanes of at least 4 members (excludes halogenated alkanes) is 2. The number of ketones is 1. The van der Waals surface area contributed by atoms with Crippen LogP contribution in [0.15, 0.2) is 64.7 Å². The normalized spacial score (nSPS) is 16.0. The maximum absolute atomic E-state index is 13.7. The maximum atomic E-state index is 13.7. The first-order valence-electron chi connectivity index (χ1n) is 31.6. The van der Waals surface area contributed by atoms with Gasteiger partial charge in [-0.25, -0.2) is 4.79 Å². The van der Waals surface area contributed by atoms with Crippen molar-refractivity contribution in [3.63, 3.8) is 0 Å². The van der Waals surface area contributed by atoms with E-state index in [1.54, 1.807) is 12.1 Å². The van der Waals surface area contributed by atoms with Crippen molar-refractivity contribution in [2.45, 2.75) is 131 Å². The highest BCUT2D eigenvalue weighted by Gasteiger charge is 2.42. The van der Waals surface area contributed by atoms with E-state index in [0.717, 1.165) is 53.2 Å². The van der Waals surface area contributed by atoms with Crippen LogP contribution in [0.3, 0.4) is 0 Å². The number of Topliss-reactive ketones (excluding diaryl/α,β-unsaturated/α-hetero) is 1. The molecule has 32 heteroatoms. The van der Waals surface area contributed by atoms with E-state index >= 15 is 0 Å². The van der Waals surface area contributed by atoms with E-state index in [1.807, 2.05) is 42.2 Å². The van der Waals surface area contributed by atoms with Crippen molar-refractivity contribution in [2.75, 3.05) is 97.9 Å². The van der Waals surface area contributed by atoms with Gasteiger partial charge in [0, 0.05) is 101 Å². The summed E-state index contributed by atoms with van der Waals surface area (Å²) in [6, 6.07) is 12.7. The predicted molar refractivity (Wildman–Crippen MR) is 348 cm³/mol. The lowest BCUT2D eigenvalue weighted by Crippen LogP contribution is -2.45. The number of carbonyl (C=O) groups excluding carboxylic acids is 10. The molecule has 2 aliphatic rings. The number of hydrogen-bond donors (Lipinski definition) is 12. The van der Waals surface area contributed by atoms with Crippen molar-refractivity contribution in [1.82, 2.24) is 47.5 Å². The molecule has 1 aromatic heterocycles. The molecule has 30 nitrogen and oxygen atoms in total. The minimum absolute atomic E-state index is 0.00111. The van der Waals surface area contributed by atoms with Crippen LogP contribution in [0, 0.1) is 11.8 Å². The minimum atomic E-state index is -1.26. The maximum Gasteiger partial charge on any atom is 0.315 e. The smallest absolute Gasteiger partial charge is 0.315 e. The molecule has 4 unspecified atom stereocenters. The Hall–Kier alpha value is -7.84. The highest BCUT2D eigenvalue weighted by atomic mass is 32.2. The molecule has 5 rings (SSSR count). The number of benzene rings is 2. The van der Waals surface area contributed by atoms with Crippen molar-refractivity contribution in [3.8, 4) is 0 Å². The predicted octanol–water partition coefficient (Wildman–Crippen LogP) is 2.44. The number of carboxylic acids is 1. The third-order valence-electron chi connectivity index (χ3n) is 15.4. The fraction of sp³-hybridized carbons (Fsp3) is 0.597. The molecule has 0 aliphatic carbocycles. The van der Waals surface area contributed by atoms with Crippen LogP contribution in [-0.2, 0) is 68.5 Å². The Morgan fingerprint density at radius 2 is 1.41 bits per heavy atom. The van der Waals surface area contributed by atoms with E-state index in [4.69, 9.17) is 30.2 Å². The highest BCUT2D eigenvalue weighted by Crippen LogP contribution is 2.33. The molecule has 2 aromatic carbocycles. The standard InChI is InChI=1S/C62H89N13O17S2/c63-59(85)48(11-5-6-22-65-52(78)13-4-3-12-51-58-49(39-93-51)73-62(88)74-58)72-55(81)38-92-31-29-89-26-24-66-54(80)37-91-30-28-90-27-25-68-61(87)43(36-76)32-50(77)41(33-56(82)83)15-18-44(71-53(79)14-7-8-42-34-69-47-10-2-1-9-46(42)47)21-23-67-60(86)40-16-19-45(20-17-40)94-57(84)35-70-75-64/h1-2,9-10,16-17,19-20,34,41,43-44,48-49,51,58,69,76H,3-8,11-15,18,21-33,35-39H2,(H2,63,85)(H,65,78)(H,66,80)(H,67,86)(H,68,87)(H,71,79)(H,72,81)(H,82,83)(H2,73,74,88)/t41?,43?,44?,48?,49-,51-,58-/m0/s1. The third kappa shape index (κ3) is 30.1. The molecule has 516 valence electrons. The van der Waals surface area contributed by atoms with Gasteiger partial charge < -0.3 is 82.4 Å². The number of urea groups is 1. The molecule has 7 atom stereocenters. The van der Waals surface area contributed by atoms with Gasteiger partial charge in [0.05, 0.1) is 77.2 Å². The van der Waals surface area contributed by atoms with Gasteiger partial charge in [0.25, 0.3) is 5.91 Å². The fourth-order valence-electron chi connectivity index (χ4n) is 10.5. The number of aryl methyl sites for hydroxylation is 1. The lowest BCUT2D eigenvalue weighted by molar-refractivity contribution is -0.141. The second kappa shape index (κ2) is 43.9. The molecule has 94 heavy (non-hydrogen) atoms. The summed E-state index contributed by atoms with van der Waals surface area (Å²) in [5, 5.41) is 46.6. The van der Waals surface area contributed by atoms with Gasteiger partial charge in [-0.2, -0.15) is 11.8 Å². The summed E-state index contributed by atoms with van der Waals surface area (Å²) in [6.07, 6.45) is 6.95. The number of rotatable bonds is 50. The number of primary amides is 1. The Morgan fingerprint density at radius 3 is 2.14 bits per heavy atom. The number of H-pyrrole nitrogens is 1. The number of nitrogens with one attached hydrogen (secondary N) is 9. The van der Waals surface area contributed by atoms with Crippen LogP contribution in [0.2, 0.25) is 0 Å². The van der Waals surface area contributed by atoms with Gasteiger partial charge in [-0.05, 0) is 106 Å². The Labute approximate surface area is 553 Å². The lowest BCUT2D eigenvalue weighted by Gasteiger charge is -2.23. The van der Waals surface area contributed by atoms with Gasteiger partial charge in [-0.1, -0.05) is 41.5 Å². The van der Waals surface area contributed by atoms with E-state index in [-0.39, 0.29) is 140 Å². The minimum Gasteiger partial charge on any atom is -0.481 e. The third-order valence-corrected chi connectivity index (χ3v) is 17.8. The number of carboxylic acid groups (broad SMARTS) is 1. The van der Waals surface area contributed by atoms with Crippen LogP contribution >= 0.6 is 23.5 Å². The van der Waals surface area contributed by atoms with Crippen molar-refractivity contribution in [2.24, 2.45) is 22.7 Å². The largest absolute Gasteiger partial charge is 0.481 e. The number of azide groups is 1. The molecule has 13 N–H and O–H groups in total. The average Bonchev–Trinajstić information content (AvgIpc) is 1.69. The molecule has 9 amide bonds. The quantitative estimate of drug-likeness (QED) is 0.00964. The molecular weight excluding hydrogens is 1260 g/mol. The molecule has 3 heterocycles. The zero-order valence-corrected chi connectivity index (χ0v) is 54.3. The van der Waals surface area contributed by atoms with Crippen molar-refractivity contribution < 1.29 is 81.9 Å². The van der Waals surface area contributed by atoms with Crippen LogP contribution in [0.1, 0.15) is 106 Å². The number of aromatic nitrogens is 1. The molecule has 2 aliphatic heterocycles. The molecule has 0 radical (unpaired) electrons. The topological polar surface area (TPSA) is 452 Å². The Bertz CT molecular complexity index is 3010. The Kier molecular flexibility index (Phi) is 35.9. The molecule has 2 saturated heterocycles. The van der Waals surface area contributed by atoms with Gasteiger partial charge in [0.15, 0.2) is 5.12 Å². The van der Waals surface area contributed by atoms with Gasteiger partial charge in [-0.3, -0.25) is 47.9 Å². The molecule has 0 spiro atoms. The number of nitrogens with zero attached hydrogens (tertiary/aromatic N) is 3. The second-order valence-electron chi connectivity index (χ2n) is 22.5. The van der Waals surface area contributed by atoms with Gasteiger partial charge in [0.1, 0.15) is 25.0 Å². The SMILES string of the molecule is [N-]=[N+]=NCC(=O)Sc1ccc(C(=O)NCCC(CCC(CC(=O)O)C(=O)CC(CO)C(=O)NCCOCCOCC(=O)NCCOCCOCC(=O)NC(CCCCNC(=O)CCCC[C@@H]2SC[C@@H]3NC(=O)N[C@@H]32)C(N)=O)NC(=O)CCCc2c[nH]c3ccccc23)cc1. The zero-order valence-electron chi connectivity index (χ0n) is 52.7. The lowest BCUT2D eigenvalue weighted by atomic mass is 9.87. The number of para-hydroxylation sites is 1. The van der Waals surface area contributed by atoms with E-state index in [1.165, 1.54) is 12.1 Å². The Morgan fingerprint density at radius 1 is 0.713 bits per heavy atom. The summed E-state index contributed by atoms with van der Waals surface area (Å²) in [6.45, 7) is -0.490. The molecule has 2 fully saturated rings. The van der Waals surface area contributed by atoms with Gasteiger partial charge in [-0.15, -0.1) is 0 Å². The molecule has 3 aromatic rings. The summed E-state index contributed by atoms with van der Waals surface area (Å²) >= 11 is 2.71. The monoisotopic (exact) mass is 1350 g/mol. The number of thioether (sulfide) groups is 2. The summed E-state index contributed by atoms with van der Waals surface area (Å²) in [5.41, 5.74) is 16.3. The van der Waals surface area contributed by atoms with Crippen LogP contribution in [0.4, 0.5) is 4.79 Å². The number of hydrogen-bond acceptors (Lipinski definition) is 19.